The lowest BCUT2D eigenvalue weighted by atomic mass is 9.95. The Hall–Kier alpha value is -0.910. The van der Waals surface area contributed by atoms with Crippen LogP contribution < -0.4 is 0 Å². The fourth-order valence-electron chi connectivity index (χ4n) is 2.79. The largest absolute Gasteiger partial charge is 0.481 e. The van der Waals surface area contributed by atoms with Crippen LogP contribution in [-0.2, 0) is 4.79 Å². The molecule has 1 N–H and O–H groups in total. The quantitative estimate of drug-likeness (QED) is 0.840. The standard InChI is InChI=1S/C13H22N2O3S/c16-12(17)9-11-3-1-4-15(10-11)13(18)14-5-2-7-19-8-6-14/h11H,1-10H2,(H,16,17). The first-order valence-corrected chi connectivity index (χ1v) is 8.15. The molecular weight excluding hydrogens is 264 g/mol. The van der Waals surface area contributed by atoms with Crippen molar-refractivity contribution in [1.29, 1.82) is 0 Å². The Labute approximate surface area is 118 Å². The van der Waals surface area contributed by atoms with Crippen LogP contribution in [0.1, 0.15) is 25.7 Å². The molecule has 2 rings (SSSR count). The highest BCUT2D eigenvalue weighted by Gasteiger charge is 2.28. The van der Waals surface area contributed by atoms with E-state index in [9.17, 15) is 9.59 Å². The maximum absolute atomic E-state index is 12.4. The van der Waals surface area contributed by atoms with Crippen LogP contribution in [0.25, 0.3) is 0 Å². The summed E-state index contributed by atoms with van der Waals surface area (Å²) in [7, 11) is 0. The van der Waals surface area contributed by atoms with Gasteiger partial charge in [0.05, 0.1) is 0 Å². The van der Waals surface area contributed by atoms with E-state index in [4.69, 9.17) is 5.11 Å². The molecule has 0 aliphatic carbocycles. The number of carboxylic acids is 1. The van der Waals surface area contributed by atoms with Gasteiger partial charge in [0.25, 0.3) is 0 Å². The van der Waals surface area contributed by atoms with Crippen molar-refractivity contribution in [3.8, 4) is 0 Å². The molecule has 0 aromatic rings. The second kappa shape index (κ2) is 7.03. The molecule has 1 atom stereocenters. The monoisotopic (exact) mass is 286 g/mol. The minimum absolute atomic E-state index is 0.109. The molecule has 0 bridgehead atoms. The van der Waals surface area contributed by atoms with Crippen molar-refractivity contribution in [3.63, 3.8) is 0 Å². The normalized spacial score (nSPS) is 24.9. The van der Waals surface area contributed by atoms with E-state index in [1.54, 1.807) is 0 Å². The smallest absolute Gasteiger partial charge is 0.320 e. The summed E-state index contributed by atoms with van der Waals surface area (Å²) >= 11 is 1.90. The fourth-order valence-corrected chi connectivity index (χ4v) is 3.68. The molecule has 2 saturated heterocycles. The lowest BCUT2D eigenvalue weighted by Crippen LogP contribution is -2.48. The van der Waals surface area contributed by atoms with E-state index < -0.39 is 5.97 Å². The van der Waals surface area contributed by atoms with Gasteiger partial charge in [-0.15, -0.1) is 0 Å². The Balaban J connectivity index is 1.88. The van der Waals surface area contributed by atoms with Crippen LogP contribution in [0, 0.1) is 5.92 Å². The number of rotatable bonds is 2. The van der Waals surface area contributed by atoms with E-state index >= 15 is 0 Å². The van der Waals surface area contributed by atoms with E-state index in [1.165, 1.54) is 0 Å². The average molecular weight is 286 g/mol. The van der Waals surface area contributed by atoms with Crippen molar-refractivity contribution in [1.82, 2.24) is 9.80 Å². The van der Waals surface area contributed by atoms with Gasteiger partial charge in [0.15, 0.2) is 0 Å². The van der Waals surface area contributed by atoms with Gasteiger partial charge in [0.1, 0.15) is 0 Å². The predicted octanol–water partition coefficient (Wildman–Crippen LogP) is 1.73. The lowest BCUT2D eigenvalue weighted by molar-refractivity contribution is -0.138. The third kappa shape index (κ3) is 4.30. The van der Waals surface area contributed by atoms with Crippen molar-refractivity contribution in [2.24, 2.45) is 5.92 Å². The van der Waals surface area contributed by atoms with Gasteiger partial charge in [0, 0.05) is 38.4 Å². The molecule has 0 aromatic heterocycles. The Morgan fingerprint density at radius 3 is 2.68 bits per heavy atom. The molecule has 0 spiro atoms. The van der Waals surface area contributed by atoms with E-state index in [0.717, 1.165) is 50.4 Å². The van der Waals surface area contributed by atoms with Crippen LogP contribution in [0.4, 0.5) is 4.79 Å². The number of carboxylic acid groups (broad SMARTS) is 1. The zero-order valence-electron chi connectivity index (χ0n) is 11.2. The molecule has 2 heterocycles. The second-order valence-corrected chi connectivity index (χ2v) is 6.51. The fraction of sp³-hybridized carbons (Fsp3) is 0.846. The van der Waals surface area contributed by atoms with Crippen molar-refractivity contribution < 1.29 is 14.7 Å². The molecule has 6 heteroatoms. The summed E-state index contributed by atoms with van der Waals surface area (Å²) in [5.74, 6) is 1.51. The van der Waals surface area contributed by atoms with Gasteiger partial charge in [-0.25, -0.2) is 4.79 Å². The van der Waals surface area contributed by atoms with Crippen molar-refractivity contribution in [2.45, 2.75) is 25.7 Å². The number of carbonyl (C=O) groups excluding carboxylic acids is 1. The molecule has 2 amide bonds. The summed E-state index contributed by atoms with van der Waals surface area (Å²) in [5, 5.41) is 8.86. The van der Waals surface area contributed by atoms with Crippen LogP contribution >= 0.6 is 11.8 Å². The van der Waals surface area contributed by atoms with E-state index in [0.29, 0.717) is 6.54 Å². The molecule has 2 aliphatic rings. The van der Waals surface area contributed by atoms with E-state index in [1.807, 2.05) is 21.6 Å². The van der Waals surface area contributed by atoms with Gasteiger partial charge in [0.2, 0.25) is 0 Å². The Bertz CT molecular complexity index is 330. The Morgan fingerprint density at radius 1 is 1.11 bits per heavy atom. The second-order valence-electron chi connectivity index (χ2n) is 5.29. The highest BCUT2D eigenvalue weighted by atomic mass is 32.2. The number of thioether (sulfide) groups is 1. The van der Waals surface area contributed by atoms with Gasteiger partial charge in [-0.2, -0.15) is 11.8 Å². The molecule has 0 aromatic carbocycles. The third-order valence-electron chi connectivity index (χ3n) is 3.75. The lowest BCUT2D eigenvalue weighted by Gasteiger charge is -2.35. The predicted molar refractivity (Wildman–Crippen MR) is 75.5 cm³/mol. The first kappa shape index (κ1) is 14.5. The number of likely N-dealkylation sites (tertiary alicyclic amines) is 1. The van der Waals surface area contributed by atoms with Gasteiger partial charge < -0.3 is 14.9 Å². The number of nitrogens with zero attached hydrogens (tertiary/aromatic N) is 2. The Kier molecular flexibility index (Phi) is 5.36. The highest BCUT2D eigenvalue weighted by molar-refractivity contribution is 7.99. The zero-order valence-corrected chi connectivity index (χ0v) is 12.0. The summed E-state index contributed by atoms with van der Waals surface area (Å²) < 4.78 is 0. The minimum Gasteiger partial charge on any atom is -0.481 e. The van der Waals surface area contributed by atoms with Crippen LogP contribution in [0.15, 0.2) is 0 Å². The average Bonchev–Trinajstić information content (AvgIpc) is 2.66. The zero-order chi connectivity index (χ0) is 13.7. The van der Waals surface area contributed by atoms with Crippen LogP contribution in [0.2, 0.25) is 0 Å². The van der Waals surface area contributed by atoms with E-state index in [2.05, 4.69) is 0 Å². The molecule has 0 saturated carbocycles. The van der Waals surface area contributed by atoms with Gasteiger partial charge >= 0.3 is 12.0 Å². The summed E-state index contributed by atoms with van der Waals surface area (Å²) in [6.07, 6.45) is 3.08. The maximum Gasteiger partial charge on any atom is 0.320 e. The number of urea groups is 1. The molecule has 5 nitrogen and oxygen atoms in total. The molecule has 0 radical (unpaired) electrons. The SMILES string of the molecule is O=C(O)CC1CCCN(C(=O)N2CCCSCC2)C1. The van der Waals surface area contributed by atoms with Crippen LogP contribution in [-0.4, -0.2) is 64.6 Å². The molecule has 2 aliphatic heterocycles. The maximum atomic E-state index is 12.4. The highest BCUT2D eigenvalue weighted by Crippen LogP contribution is 2.21. The molecular formula is C13H22N2O3S. The van der Waals surface area contributed by atoms with Gasteiger partial charge in [-0.3, -0.25) is 4.79 Å². The van der Waals surface area contributed by atoms with Crippen LogP contribution in [0.3, 0.4) is 0 Å². The molecule has 108 valence electrons. The number of carbonyl (C=O) groups is 2. The van der Waals surface area contributed by atoms with E-state index in [-0.39, 0.29) is 18.4 Å². The van der Waals surface area contributed by atoms with Gasteiger partial charge in [-0.05, 0) is 30.9 Å². The first-order valence-electron chi connectivity index (χ1n) is 7.00. The summed E-state index contributed by atoms with van der Waals surface area (Å²) in [6, 6.07) is 0.109. The first-order chi connectivity index (χ1) is 9.16. The number of piperidine rings is 1. The Morgan fingerprint density at radius 2 is 1.89 bits per heavy atom. The topological polar surface area (TPSA) is 60.9 Å². The summed E-state index contributed by atoms with van der Waals surface area (Å²) in [5.41, 5.74) is 0. The number of aliphatic carboxylic acids is 1. The van der Waals surface area contributed by atoms with Crippen molar-refractivity contribution >= 4 is 23.8 Å². The minimum atomic E-state index is -0.759. The third-order valence-corrected chi connectivity index (χ3v) is 4.79. The molecule has 1 unspecified atom stereocenters. The van der Waals surface area contributed by atoms with Crippen molar-refractivity contribution in [3.05, 3.63) is 0 Å². The molecule has 19 heavy (non-hydrogen) atoms. The molecule has 2 fully saturated rings. The number of hydrogen-bond donors (Lipinski definition) is 1. The van der Waals surface area contributed by atoms with Crippen molar-refractivity contribution in [2.75, 3.05) is 37.7 Å². The number of amides is 2. The summed E-state index contributed by atoms with van der Waals surface area (Å²) in [4.78, 5) is 27.0. The van der Waals surface area contributed by atoms with Crippen LogP contribution in [0.5, 0.6) is 0 Å². The number of hydrogen-bond acceptors (Lipinski definition) is 3. The van der Waals surface area contributed by atoms with Gasteiger partial charge in [-0.1, -0.05) is 0 Å². The summed E-state index contributed by atoms with van der Waals surface area (Å²) in [6.45, 7) is 3.04.